The van der Waals surface area contributed by atoms with Crippen LogP contribution in [0.5, 0.6) is 5.75 Å². The Hall–Kier alpha value is -1.26. The van der Waals surface area contributed by atoms with Gasteiger partial charge in [0.25, 0.3) is 0 Å². The van der Waals surface area contributed by atoms with Crippen molar-refractivity contribution in [2.75, 3.05) is 44.7 Å². The van der Waals surface area contributed by atoms with Gasteiger partial charge < -0.3 is 15.0 Å². The Kier molecular flexibility index (Phi) is 5.88. The molecule has 4 heteroatoms. The van der Waals surface area contributed by atoms with Crippen LogP contribution in [0, 0.1) is 0 Å². The molecule has 1 aliphatic heterocycles. The lowest BCUT2D eigenvalue weighted by Crippen LogP contribution is -2.54. The normalized spacial score (nSPS) is 19.3. The third-order valence-electron chi connectivity index (χ3n) is 4.56. The minimum Gasteiger partial charge on any atom is -0.497 e. The lowest BCUT2D eigenvalue weighted by molar-refractivity contribution is 0.166. The van der Waals surface area contributed by atoms with E-state index in [2.05, 4.69) is 54.1 Å². The zero-order valence-corrected chi connectivity index (χ0v) is 13.8. The van der Waals surface area contributed by atoms with Crippen molar-refractivity contribution < 1.29 is 4.74 Å². The molecular weight excluding hydrogens is 262 g/mol. The third-order valence-corrected chi connectivity index (χ3v) is 4.56. The molecule has 0 saturated carbocycles. The van der Waals surface area contributed by atoms with E-state index in [1.807, 2.05) is 6.07 Å². The molecule has 2 unspecified atom stereocenters. The van der Waals surface area contributed by atoms with Gasteiger partial charge in [-0.05, 0) is 32.5 Å². The molecule has 0 amide bonds. The van der Waals surface area contributed by atoms with Crippen LogP contribution in [0.2, 0.25) is 0 Å². The van der Waals surface area contributed by atoms with Crippen molar-refractivity contribution in [3.63, 3.8) is 0 Å². The summed E-state index contributed by atoms with van der Waals surface area (Å²) in [7, 11) is 1.72. The molecule has 1 aliphatic rings. The first-order valence-corrected chi connectivity index (χ1v) is 8.02. The van der Waals surface area contributed by atoms with E-state index in [-0.39, 0.29) is 0 Å². The second-order valence-electron chi connectivity index (χ2n) is 5.81. The van der Waals surface area contributed by atoms with Crippen LogP contribution in [-0.4, -0.2) is 56.8 Å². The van der Waals surface area contributed by atoms with E-state index < -0.39 is 0 Å². The second kappa shape index (κ2) is 7.66. The monoisotopic (exact) mass is 291 g/mol. The fourth-order valence-corrected chi connectivity index (χ4v) is 3.00. The molecular formula is C17H29N3O. The molecule has 0 aliphatic carbocycles. The maximum atomic E-state index is 5.32. The number of hydrogen-bond acceptors (Lipinski definition) is 4. The van der Waals surface area contributed by atoms with Crippen LogP contribution >= 0.6 is 0 Å². The fourth-order valence-electron chi connectivity index (χ4n) is 3.00. The van der Waals surface area contributed by atoms with Gasteiger partial charge in [-0.2, -0.15) is 0 Å². The number of hydrogen-bond donors (Lipinski definition) is 1. The van der Waals surface area contributed by atoms with Gasteiger partial charge in [-0.3, -0.25) is 4.90 Å². The number of ether oxygens (including phenoxy) is 1. The van der Waals surface area contributed by atoms with Crippen molar-refractivity contribution in [3.05, 3.63) is 24.3 Å². The highest BCUT2D eigenvalue weighted by Gasteiger charge is 2.24. The summed E-state index contributed by atoms with van der Waals surface area (Å²) in [4.78, 5) is 5.04. The summed E-state index contributed by atoms with van der Waals surface area (Å²) < 4.78 is 5.32. The number of benzene rings is 1. The lowest BCUT2D eigenvalue weighted by Gasteiger charge is -2.41. The molecule has 1 fully saturated rings. The molecule has 1 N–H and O–H groups in total. The molecule has 1 heterocycles. The summed E-state index contributed by atoms with van der Waals surface area (Å²) in [6.45, 7) is 12.2. The molecule has 21 heavy (non-hydrogen) atoms. The topological polar surface area (TPSA) is 27.7 Å². The predicted octanol–water partition coefficient (Wildman–Crippen LogP) is 2.20. The Bertz CT molecular complexity index is 430. The van der Waals surface area contributed by atoms with Crippen LogP contribution in [0.25, 0.3) is 0 Å². The van der Waals surface area contributed by atoms with Crippen LogP contribution in [0.1, 0.15) is 20.8 Å². The molecule has 1 aromatic carbocycles. The predicted molar refractivity (Wildman–Crippen MR) is 89.4 cm³/mol. The van der Waals surface area contributed by atoms with Crippen LogP contribution in [0.15, 0.2) is 24.3 Å². The molecule has 2 atom stereocenters. The number of likely N-dealkylation sites (N-methyl/N-ethyl adjacent to an activating group) is 1. The van der Waals surface area contributed by atoms with Gasteiger partial charge in [-0.15, -0.1) is 0 Å². The number of anilines is 1. The van der Waals surface area contributed by atoms with E-state index in [4.69, 9.17) is 4.74 Å². The van der Waals surface area contributed by atoms with Gasteiger partial charge in [0, 0.05) is 50.0 Å². The smallest absolute Gasteiger partial charge is 0.120 e. The first kappa shape index (κ1) is 16.1. The van der Waals surface area contributed by atoms with Crippen molar-refractivity contribution in [1.82, 2.24) is 10.2 Å². The molecule has 0 aromatic heterocycles. The van der Waals surface area contributed by atoms with E-state index in [1.165, 1.54) is 5.69 Å². The average Bonchev–Trinajstić information content (AvgIpc) is 2.54. The number of nitrogens with zero attached hydrogens (tertiary/aromatic N) is 2. The van der Waals surface area contributed by atoms with E-state index in [0.717, 1.165) is 38.5 Å². The highest BCUT2D eigenvalue weighted by molar-refractivity contribution is 5.51. The minimum absolute atomic E-state index is 0.540. The SMILES string of the molecule is CCNC(C)C(C)N1CCN(c2cccc(OC)c2)CC1. The Morgan fingerprint density at radius 1 is 1.19 bits per heavy atom. The van der Waals surface area contributed by atoms with Gasteiger partial charge in [0.2, 0.25) is 0 Å². The minimum atomic E-state index is 0.540. The Labute approximate surface area is 129 Å². The largest absolute Gasteiger partial charge is 0.497 e. The number of rotatable bonds is 6. The van der Waals surface area contributed by atoms with Gasteiger partial charge in [0.05, 0.1) is 7.11 Å². The van der Waals surface area contributed by atoms with E-state index in [1.54, 1.807) is 7.11 Å². The highest BCUT2D eigenvalue weighted by Crippen LogP contribution is 2.22. The summed E-state index contributed by atoms with van der Waals surface area (Å²) in [5.41, 5.74) is 1.27. The number of nitrogens with one attached hydrogen (secondary N) is 1. The molecule has 2 rings (SSSR count). The van der Waals surface area contributed by atoms with Gasteiger partial charge in [-0.25, -0.2) is 0 Å². The van der Waals surface area contributed by atoms with E-state index >= 15 is 0 Å². The zero-order valence-electron chi connectivity index (χ0n) is 13.8. The van der Waals surface area contributed by atoms with Gasteiger partial charge in [0.1, 0.15) is 5.75 Å². The van der Waals surface area contributed by atoms with Gasteiger partial charge in [0.15, 0.2) is 0 Å². The molecule has 1 aromatic rings. The Morgan fingerprint density at radius 2 is 1.90 bits per heavy atom. The number of methoxy groups -OCH3 is 1. The molecule has 118 valence electrons. The third kappa shape index (κ3) is 4.11. The van der Waals surface area contributed by atoms with Crippen LogP contribution in [0.4, 0.5) is 5.69 Å². The Morgan fingerprint density at radius 3 is 2.52 bits per heavy atom. The first-order chi connectivity index (χ1) is 10.2. The van der Waals surface area contributed by atoms with Crippen LogP contribution < -0.4 is 15.0 Å². The van der Waals surface area contributed by atoms with E-state index in [0.29, 0.717) is 12.1 Å². The summed E-state index contributed by atoms with van der Waals surface area (Å²) in [6.07, 6.45) is 0. The maximum Gasteiger partial charge on any atom is 0.120 e. The maximum absolute atomic E-state index is 5.32. The van der Waals surface area contributed by atoms with Crippen molar-refractivity contribution in [3.8, 4) is 5.75 Å². The highest BCUT2D eigenvalue weighted by atomic mass is 16.5. The standard InChI is InChI=1S/C17H29N3O/c1-5-18-14(2)15(3)19-9-11-20(12-10-19)16-7-6-8-17(13-16)21-4/h6-8,13-15,18H,5,9-12H2,1-4H3. The van der Waals surface area contributed by atoms with Crippen molar-refractivity contribution in [1.29, 1.82) is 0 Å². The van der Waals surface area contributed by atoms with Crippen molar-refractivity contribution in [2.45, 2.75) is 32.9 Å². The summed E-state index contributed by atoms with van der Waals surface area (Å²) in [5, 5.41) is 3.53. The molecule has 0 bridgehead atoms. The second-order valence-corrected chi connectivity index (χ2v) is 5.81. The van der Waals surface area contributed by atoms with Crippen LogP contribution in [-0.2, 0) is 0 Å². The van der Waals surface area contributed by atoms with Gasteiger partial charge >= 0.3 is 0 Å². The van der Waals surface area contributed by atoms with E-state index in [9.17, 15) is 0 Å². The molecule has 1 saturated heterocycles. The van der Waals surface area contributed by atoms with Crippen molar-refractivity contribution in [2.24, 2.45) is 0 Å². The summed E-state index contributed by atoms with van der Waals surface area (Å²) in [6, 6.07) is 9.48. The Balaban J connectivity index is 1.90. The summed E-state index contributed by atoms with van der Waals surface area (Å²) >= 11 is 0. The quantitative estimate of drug-likeness (QED) is 0.869. The molecule has 0 radical (unpaired) electrons. The van der Waals surface area contributed by atoms with Crippen LogP contribution in [0.3, 0.4) is 0 Å². The zero-order chi connectivity index (χ0) is 15.2. The lowest BCUT2D eigenvalue weighted by atomic mass is 10.1. The molecule has 0 spiro atoms. The van der Waals surface area contributed by atoms with Crippen molar-refractivity contribution >= 4 is 5.69 Å². The molecule has 4 nitrogen and oxygen atoms in total. The summed E-state index contributed by atoms with van der Waals surface area (Å²) in [5.74, 6) is 0.934. The fraction of sp³-hybridized carbons (Fsp3) is 0.647. The van der Waals surface area contributed by atoms with Gasteiger partial charge in [-0.1, -0.05) is 13.0 Å². The average molecular weight is 291 g/mol. The number of piperazine rings is 1. The first-order valence-electron chi connectivity index (χ1n) is 8.02.